The first-order valence-corrected chi connectivity index (χ1v) is 8.59. The summed E-state index contributed by atoms with van der Waals surface area (Å²) in [4.78, 5) is 12.7. The number of nitrogens with zero attached hydrogens (tertiary/aromatic N) is 3. The Bertz CT molecular complexity index is 1120. The number of fused-ring (bicyclic) bond motifs is 1. The van der Waals surface area contributed by atoms with Gasteiger partial charge in [-0.2, -0.15) is 0 Å². The van der Waals surface area contributed by atoms with Gasteiger partial charge in [-0.3, -0.25) is 9.20 Å². The van der Waals surface area contributed by atoms with Gasteiger partial charge in [0.05, 0.1) is 18.2 Å². The fourth-order valence-corrected chi connectivity index (χ4v) is 2.96. The number of halogens is 1. The molecule has 2 aromatic carbocycles. The molecule has 0 aliphatic heterocycles. The summed E-state index contributed by atoms with van der Waals surface area (Å²) < 4.78 is 7.19. The minimum atomic E-state index is -0.276. The van der Waals surface area contributed by atoms with E-state index in [0.717, 1.165) is 5.56 Å². The normalized spacial score (nSPS) is 10.7. The molecule has 4 aromatic rings. The van der Waals surface area contributed by atoms with Crippen molar-refractivity contribution in [3.05, 3.63) is 77.4 Å². The first kappa shape index (κ1) is 17.1. The van der Waals surface area contributed by atoms with Crippen LogP contribution in [0.4, 0.5) is 5.69 Å². The zero-order chi connectivity index (χ0) is 18.8. The van der Waals surface area contributed by atoms with Crippen molar-refractivity contribution in [2.24, 2.45) is 0 Å². The zero-order valence-electron chi connectivity index (χ0n) is 14.4. The number of benzene rings is 2. The van der Waals surface area contributed by atoms with Gasteiger partial charge in [-0.15, -0.1) is 10.2 Å². The first-order valence-electron chi connectivity index (χ1n) is 8.21. The van der Waals surface area contributed by atoms with Gasteiger partial charge in [0, 0.05) is 16.9 Å². The van der Waals surface area contributed by atoms with Crippen LogP contribution in [0, 0.1) is 0 Å². The molecule has 7 heteroatoms. The number of methoxy groups -OCH3 is 1. The maximum absolute atomic E-state index is 12.7. The third-order valence-electron chi connectivity index (χ3n) is 4.13. The molecule has 1 amide bonds. The van der Waals surface area contributed by atoms with E-state index in [0.29, 0.717) is 33.5 Å². The van der Waals surface area contributed by atoms with Crippen molar-refractivity contribution in [2.75, 3.05) is 12.4 Å². The number of nitrogens with one attached hydrogen (secondary N) is 1. The Morgan fingerprint density at radius 2 is 1.81 bits per heavy atom. The van der Waals surface area contributed by atoms with E-state index in [2.05, 4.69) is 15.5 Å². The Hall–Kier alpha value is -3.38. The van der Waals surface area contributed by atoms with Gasteiger partial charge in [-0.25, -0.2) is 0 Å². The highest BCUT2D eigenvalue weighted by Crippen LogP contribution is 2.29. The summed E-state index contributed by atoms with van der Waals surface area (Å²) in [5.41, 5.74) is 2.32. The molecular weight excluding hydrogens is 364 g/mol. The predicted octanol–water partition coefficient (Wildman–Crippen LogP) is 4.31. The maximum Gasteiger partial charge on any atom is 0.259 e. The second-order valence-electron chi connectivity index (χ2n) is 5.80. The molecule has 0 bridgehead atoms. The molecule has 6 nitrogen and oxygen atoms in total. The maximum atomic E-state index is 12.7. The molecule has 2 aromatic heterocycles. The third-order valence-corrected chi connectivity index (χ3v) is 4.38. The smallest absolute Gasteiger partial charge is 0.259 e. The Labute approximate surface area is 160 Å². The Kier molecular flexibility index (Phi) is 4.48. The van der Waals surface area contributed by atoms with Crippen LogP contribution in [0.25, 0.3) is 17.0 Å². The molecule has 0 radical (unpaired) electrons. The average Bonchev–Trinajstić information content (AvgIpc) is 3.13. The number of amides is 1. The predicted molar refractivity (Wildman–Crippen MR) is 104 cm³/mol. The number of para-hydroxylation sites is 1. The van der Waals surface area contributed by atoms with Gasteiger partial charge in [-0.05, 0) is 48.5 Å². The molecule has 0 fully saturated rings. The summed E-state index contributed by atoms with van der Waals surface area (Å²) in [5, 5.41) is 11.9. The van der Waals surface area contributed by atoms with E-state index in [9.17, 15) is 4.79 Å². The van der Waals surface area contributed by atoms with Crippen molar-refractivity contribution in [1.29, 1.82) is 0 Å². The number of pyridine rings is 1. The zero-order valence-corrected chi connectivity index (χ0v) is 15.1. The summed E-state index contributed by atoms with van der Waals surface area (Å²) in [6.45, 7) is 0. The number of hydrogen-bond donors (Lipinski definition) is 1. The van der Waals surface area contributed by atoms with Crippen LogP contribution in [0.15, 0.2) is 66.9 Å². The number of rotatable bonds is 4. The van der Waals surface area contributed by atoms with E-state index in [1.54, 1.807) is 47.9 Å². The number of carbonyl (C=O) groups excluding carboxylic acids is 1. The lowest BCUT2D eigenvalue weighted by Crippen LogP contribution is -2.13. The quantitative estimate of drug-likeness (QED) is 0.574. The molecule has 0 spiro atoms. The molecular formula is C20H15ClN4O2. The molecule has 0 atom stereocenters. The van der Waals surface area contributed by atoms with E-state index in [4.69, 9.17) is 16.3 Å². The number of hydrogen-bond acceptors (Lipinski definition) is 4. The van der Waals surface area contributed by atoms with Crippen LogP contribution >= 0.6 is 11.6 Å². The topological polar surface area (TPSA) is 68.5 Å². The highest BCUT2D eigenvalue weighted by atomic mass is 35.5. The van der Waals surface area contributed by atoms with E-state index in [1.165, 1.54) is 0 Å². The second kappa shape index (κ2) is 7.09. The molecule has 0 saturated carbocycles. The molecule has 0 aliphatic carbocycles. The van der Waals surface area contributed by atoms with Crippen LogP contribution < -0.4 is 10.1 Å². The number of aromatic nitrogens is 3. The fraction of sp³-hybridized carbons (Fsp3) is 0.0500. The SMILES string of the molecule is COc1ccccc1-c1nnc2c(C(=O)Nc3ccc(Cl)cc3)cccn12. The van der Waals surface area contributed by atoms with E-state index in [1.807, 2.05) is 30.5 Å². The lowest BCUT2D eigenvalue weighted by atomic mass is 10.2. The number of ether oxygens (including phenoxy) is 1. The summed E-state index contributed by atoms with van der Waals surface area (Å²) in [6, 6.07) is 17.9. The van der Waals surface area contributed by atoms with Crippen molar-refractivity contribution in [3.63, 3.8) is 0 Å². The van der Waals surface area contributed by atoms with Crippen LogP contribution in [-0.4, -0.2) is 27.6 Å². The second-order valence-corrected chi connectivity index (χ2v) is 6.24. The minimum absolute atomic E-state index is 0.276. The fourth-order valence-electron chi connectivity index (χ4n) is 2.84. The number of anilines is 1. The monoisotopic (exact) mass is 378 g/mol. The largest absolute Gasteiger partial charge is 0.496 e. The molecule has 0 saturated heterocycles. The summed E-state index contributed by atoms with van der Waals surface area (Å²) in [7, 11) is 1.60. The summed E-state index contributed by atoms with van der Waals surface area (Å²) in [5.74, 6) is 1.01. The van der Waals surface area contributed by atoms with E-state index < -0.39 is 0 Å². The van der Waals surface area contributed by atoms with Crippen LogP contribution in [0.1, 0.15) is 10.4 Å². The minimum Gasteiger partial charge on any atom is -0.496 e. The Morgan fingerprint density at radius 1 is 1.04 bits per heavy atom. The average molecular weight is 379 g/mol. The Morgan fingerprint density at radius 3 is 2.59 bits per heavy atom. The third kappa shape index (κ3) is 3.22. The number of carbonyl (C=O) groups is 1. The Balaban J connectivity index is 1.74. The molecule has 27 heavy (non-hydrogen) atoms. The van der Waals surface area contributed by atoms with Crippen molar-refractivity contribution in [2.45, 2.75) is 0 Å². The highest BCUT2D eigenvalue weighted by Gasteiger charge is 2.17. The first-order chi connectivity index (χ1) is 13.2. The molecule has 0 unspecified atom stereocenters. The molecule has 134 valence electrons. The van der Waals surface area contributed by atoms with Gasteiger partial charge in [0.1, 0.15) is 5.75 Å². The highest BCUT2D eigenvalue weighted by molar-refractivity contribution is 6.30. The lowest BCUT2D eigenvalue weighted by Gasteiger charge is -2.08. The molecule has 1 N–H and O–H groups in total. The van der Waals surface area contributed by atoms with Crippen molar-refractivity contribution in [3.8, 4) is 17.1 Å². The molecule has 2 heterocycles. The van der Waals surface area contributed by atoms with Gasteiger partial charge < -0.3 is 10.1 Å². The standard InChI is InChI=1S/C20H15ClN4O2/c1-27-17-7-3-2-5-15(17)18-23-24-19-16(6-4-12-25(18)19)20(26)22-14-10-8-13(21)9-11-14/h2-12H,1H3,(H,22,26). The van der Waals surface area contributed by atoms with Gasteiger partial charge in [0.25, 0.3) is 5.91 Å². The van der Waals surface area contributed by atoms with Crippen LogP contribution in [0.2, 0.25) is 5.02 Å². The van der Waals surface area contributed by atoms with Gasteiger partial charge in [0.2, 0.25) is 0 Å². The van der Waals surface area contributed by atoms with Crippen LogP contribution in [-0.2, 0) is 0 Å². The lowest BCUT2D eigenvalue weighted by molar-refractivity contribution is 0.102. The molecule has 4 rings (SSSR count). The summed E-state index contributed by atoms with van der Waals surface area (Å²) in [6.07, 6.45) is 1.82. The van der Waals surface area contributed by atoms with Gasteiger partial charge in [-0.1, -0.05) is 23.7 Å². The van der Waals surface area contributed by atoms with E-state index >= 15 is 0 Å². The van der Waals surface area contributed by atoms with Crippen LogP contribution in [0.3, 0.4) is 0 Å². The summed E-state index contributed by atoms with van der Waals surface area (Å²) >= 11 is 5.88. The van der Waals surface area contributed by atoms with E-state index in [-0.39, 0.29) is 5.91 Å². The van der Waals surface area contributed by atoms with Gasteiger partial charge >= 0.3 is 0 Å². The van der Waals surface area contributed by atoms with Gasteiger partial charge in [0.15, 0.2) is 11.5 Å². The van der Waals surface area contributed by atoms with Crippen molar-refractivity contribution in [1.82, 2.24) is 14.6 Å². The van der Waals surface area contributed by atoms with Crippen molar-refractivity contribution < 1.29 is 9.53 Å². The van der Waals surface area contributed by atoms with Crippen molar-refractivity contribution >= 4 is 28.8 Å². The molecule has 0 aliphatic rings. The van der Waals surface area contributed by atoms with Crippen LogP contribution in [0.5, 0.6) is 5.75 Å².